The Balaban J connectivity index is 1.87. The summed E-state index contributed by atoms with van der Waals surface area (Å²) in [5, 5.41) is 13.6. The van der Waals surface area contributed by atoms with E-state index in [9.17, 15) is 14.7 Å². The summed E-state index contributed by atoms with van der Waals surface area (Å²) in [5.74, 6) is -1.05. The Labute approximate surface area is 195 Å². The van der Waals surface area contributed by atoms with E-state index in [2.05, 4.69) is 0 Å². The van der Waals surface area contributed by atoms with Crippen molar-refractivity contribution in [2.75, 3.05) is 11.5 Å². The zero-order valence-corrected chi connectivity index (χ0v) is 19.2. The summed E-state index contributed by atoms with van der Waals surface area (Å²) < 4.78 is 5.67. The van der Waals surface area contributed by atoms with Crippen LogP contribution in [0.4, 0.5) is 5.69 Å². The molecule has 1 aromatic heterocycles. The van der Waals surface area contributed by atoms with Crippen molar-refractivity contribution < 1.29 is 19.4 Å². The Morgan fingerprint density at radius 3 is 2.66 bits per heavy atom. The van der Waals surface area contributed by atoms with Gasteiger partial charge in [-0.05, 0) is 60.7 Å². The van der Waals surface area contributed by atoms with Crippen LogP contribution in [0.1, 0.15) is 35.4 Å². The molecule has 1 unspecified atom stereocenters. The molecular formula is C25H22ClNO4S. The molecule has 0 saturated carbocycles. The third-order valence-electron chi connectivity index (χ3n) is 5.26. The van der Waals surface area contributed by atoms with Gasteiger partial charge in [-0.1, -0.05) is 36.7 Å². The summed E-state index contributed by atoms with van der Waals surface area (Å²) in [6, 6.07) is 15.0. The molecule has 0 bridgehead atoms. The van der Waals surface area contributed by atoms with E-state index < -0.39 is 17.7 Å². The Morgan fingerprint density at radius 2 is 1.97 bits per heavy atom. The maximum absolute atomic E-state index is 13.2. The zero-order chi connectivity index (χ0) is 22.8. The van der Waals surface area contributed by atoms with Gasteiger partial charge in [0.15, 0.2) is 0 Å². The summed E-state index contributed by atoms with van der Waals surface area (Å²) in [6.45, 7) is 4.38. The highest BCUT2D eigenvalue weighted by Crippen LogP contribution is 2.44. The number of aliphatic hydroxyl groups excluding tert-OH is 1. The largest absolute Gasteiger partial charge is 0.507 e. The number of aryl methyl sites for hydroxylation is 1. The maximum Gasteiger partial charge on any atom is 0.300 e. The van der Waals surface area contributed by atoms with Gasteiger partial charge in [0.05, 0.1) is 12.2 Å². The van der Waals surface area contributed by atoms with E-state index in [1.807, 2.05) is 31.4 Å². The number of thiophene rings is 1. The quantitative estimate of drug-likeness (QED) is 0.269. The summed E-state index contributed by atoms with van der Waals surface area (Å²) in [6.07, 6.45) is 0.847. The van der Waals surface area contributed by atoms with Crippen molar-refractivity contribution in [3.63, 3.8) is 0 Å². The van der Waals surface area contributed by atoms with Crippen molar-refractivity contribution in [3.8, 4) is 5.75 Å². The zero-order valence-electron chi connectivity index (χ0n) is 17.7. The van der Waals surface area contributed by atoms with Gasteiger partial charge < -0.3 is 9.84 Å². The van der Waals surface area contributed by atoms with Crippen molar-refractivity contribution in [1.82, 2.24) is 0 Å². The first-order chi connectivity index (χ1) is 15.4. The molecule has 3 aromatic rings. The normalized spacial score (nSPS) is 17.7. The standard InChI is InChI=1S/C25H22ClNO4S/c1-3-11-31-18-7-4-6-16(14-18)23(28)21-22(20-8-5-12-32-20)27(25(30)24(21)29)19-10-9-17(26)13-15(19)2/h4-10,12-14,22,28H,3,11H2,1-2H3/b23-21-. The highest BCUT2D eigenvalue weighted by molar-refractivity contribution is 7.10. The van der Waals surface area contributed by atoms with Gasteiger partial charge in [0, 0.05) is 21.2 Å². The number of rotatable bonds is 6. The number of ether oxygens (including phenoxy) is 1. The Hall–Kier alpha value is -3.09. The predicted molar refractivity (Wildman–Crippen MR) is 128 cm³/mol. The van der Waals surface area contributed by atoms with Crippen LogP contribution in [0.3, 0.4) is 0 Å². The van der Waals surface area contributed by atoms with Gasteiger partial charge in [-0.2, -0.15) is 0 Å². The second kappa shape index (κ2) is 9.18. The lowest BCUT2D eigenvalue weighted by molar-refractivity contribution is -0.132. The average Bonchev–Trinajstić information content (AvgIpc) is 3.40. The number of aliphatic hydroxyl groups is 1. The van der Waals surface area contributed by atoms with E-state index >= 15 is 0 Å². The first-order valence-electron chi connectivity index (χ1n) is 10.3. The molecule has 32 heavy (non-hydrogen) atoms. The SMILES string of the molecule is CCCOc1cccc(/C(O)=C2/C(=O)C(=O)N(c3ccc(Cl)cc3C)C2c2cccs2)c1. The fourth-order valence-corrected chi connectivity index (χ4v) is 4.84. The molecule has 2 heterocycles. The van der Waals surface area contributed by atoms with Crippen LogP contribution >= 0.6 is 22.9 Å². The van der Waals surface area contributed by atoms with Gasteiger partial charge >= 0.3 is 0 Å². The van der Waals surface area contributed by atoms with Crippen molar-refractivity contribution in [2.24, 2.45) is 0 Å². The minimum absolute atomic E-state index is 0.0550. The molecular weight excluding hydrogens is 446 g/mol. The number of carbonyl (C=O) groups excluding carboxylic acids is 2. The molecule has 5 nitrogen and oxygen atoms in total. The highest BCUT2D eigenvalue weighted by atomic mass is 35.5. The summed E-state index contributed by atoms with van der Waals surface area (Å²) in [4.78, 5) is 28.6. The molecule has 1 atom stereocenters. The van der Waals surface area contributed by atoms with Crippen molar-refractivity contribution in [2.45, 2.75) is 26.3 Å². The van der Waals surface area contributed by atoms with Gasteiger partial charge in [-0.25, -0.2) is 0 Å². The van der Waals surface area contributed by atoms with E-state index in [0.29, 0.717) is 28.6 Å². The molecule has 7 heteroatoms. The van der Waals surface area contributed by atoms with Crippen LogP contribution in [0, 0.1) is 6.92 Å². The molecule has 1 saturated heterocycles. The number of Topliss-reactive ketones (excluding diaryl/α,β-unsaturated/α-hetero) is 1. The molecule has 0 spiro atoms. The Kier molecular flexibility index (Phi) is 6.35. The lowest BCUT2D eigenvalue weighted by Gasteiger charge is -2.25. The van der Waals surface area contributed by atoms with Crippen LogP contribution in [0.25, 0.3) is 5.76 Å². The second-order valence-electron chi connectivity index (χ2n) is 7.49. The van der Waals surface area contributed by atoms with E-state index in [1.165, 1.54) is 16.2 Å². The molecule has 1 aliphatic heterocycles. The fraction of sp³-hybridized carbons (Fsp3) is 0.200. The third-order valence-corrected chi connectivity index (χ3v) is 6.42. The van der Waals surface area contributed by atoms with Gasteiger partial charge in [0.25, 0.3) is 11.7 Å². The lowest BCUT2D eigenvalue weighted by atomic mass is 9.99. The molecule has 1 N–H and O–H groups in total. The number of benzene rings is 2. The van der Waals surface area contributed by atoms with Crippen LogP contribution < -0.4 is 9.64 Å². The number of carbonyl (C=O) groups is 2. The molecule has 4 rings (SSSR count). The van der Waals surface area contributed by atoms with Crippen LogP contribution in [0.5, 0.6) is 5.75 Å². The van der Waals surface area contributed by atoms with Gasteiger partial charge in [-0.15, -0.1) is 11.3 Å². The predicted octanol–water partition coefficient (Wildman–Crippen LogP) is 6.13. The summed E-state index contributed by atoms with van der Waals surface area (Å²) in [5.41, 5.74) is 1.82. The van der Waals surface area contributed by atoms with Crippen molar-refractivity contribution >= 4 is 46.1 Å². The van der Waals surface area contributed by atoms with Crippen molar-refractivity contribution in [3.05, 3.63) is 86.6 Å². The number of amides is 1. The van der Waals surface area contributed by atoms with E-state index in [-0.39, 0.29) is 11.3 Å². The average molecular weight is 468 g/mol. The number of nitrogens with zero attached hydrogens (tertiary/aromatic N) is 1. The smallest absolute Gasteiger partial charge is 0.300 e. The minimum atomic E-state index is -0.741. The summed E-state index contributed by atoms with van der Waals surface area (Å²) in [7, 11) is 0. The highest BCUT2D eigenvalue weighted by Gasteiger charge is 2.47. The molecule has 1 amide bonds. The van der Waals surface area contributed by atoms with Gasteiger partial charge in [0.2, 0.25) is 0 Å². The minimum Gasteiger partial charge on any atom is -0.507 e. The van der Waals surface area contributed by atoms with Crippen LogP contribution in [-0.2, 0) is 9.59 Å². The number of ketones is 1. The van der Waals surface area contributed by atoms with E-state index in [0.717, 1.165) is 16.9 Å². The first-order valence-corrected chi connectivity index (χ1v) is 11.5. The molecule has 164 valence electrons. The molecule has 0 aliphatic carbocycles. The maximum atomic E-state index is 13.2. The van der Waals surface area contributed by atoms with Crippen LogP contribution in [0.2, 0.25) is 5.02 Å². The molecule has 0 radical (unpaired) electrons. The monoisotopic (exact) mass is 467 g/mol. The summed E-state index contributed by atoms with van der Waals surface area (Å²) >= 11 is 7.53. The molecule has 2 aromatic carbocycles. The molecule has 1 aliphatic rings. The number of hydrogen-bond acceptors (Lipinski definition) is 5. The lowest BCUT2D eigenvalue weighted by Crippen LogP contribution is -2.29. The Morgan fingerprint density at radius 1 is 1.16 bits per heavy atom. The second-order valence-corrected chi connectivity index (χ2v) is 8.91. The van der Waals surface area contributed by atoms with E-state index in [4.69, 9.17) is 16.3 Å². The van der Waals surface area contributed by atoms with E-state index in [1.54, 1.807) is 42.5 Å². The number of halogens is 1. The Bertz CT molecular complexity index is 1200. The molecule has 1 fully saturated rings. The number of hydrogen-bond donors (Lipinski definition) is 1. The number of anilines is 1. The first kappa shape index (κ1) is 22.1. The van der Waals surface area contributed by atoms with Crippen molar-refractivity contribution in [1.29, 1.82) is 0 Å². The van der Waals surface area contributed by atoms with Crippen LogP contribution in [0.15, 0.2) is 65.6 Å². The third kappa shape index (κ3) is 4.04. The fourth-order valence-electron chi connectivity index (χ4n) is 3.79. The topological polar surface area (TPSA) is 66.8 Å². The van der Waals surface area contributed by atoms with Crippen LogP contribution in [-0.4, -0.2) is 23.4 Å². The van der Waals surface area contributed by atoms with Gasteiger partial charge in [-0.3, -0.25) is 14.5 Å². The van der Waals surface area contributed by atoms with Gasteiger partial charge in [0.1, 0.15) is 17.6 Å².